The Hall–Kier alpha value is -1.37. The Labute approximate surface area is 149 Å². The third-order valence-electron chi connectivity index (χ3n) is 5.97. The van der Waals surface area contributed by atoms with Gasteiger partial charge >= 0.3 is 5.97 Å². The third kappa shape index (κ3) is 4.07. The number of esters is 1. The van der Waals surface area contributed by atoms with Crippen molar-refractivity contribution in [2.24, 2.45) is 17.3 Å². The minimum absolute atomic E-state index is 0.0196. The fraction of sp³-hybridized carbons (Fsp3) is 0.778. The second kappa shape index (κ2) is 6.11. The SMILES string of the molecule is C=C(C)C(=O)OC12CC3CC(CC(CCC(=O)NS(C)(=O)=O)(C3)C1)C2. The lowest BCUT2D eigenvalue weighted by molar-refractivity contribution is -0.199. The average Bonchev–Trinajstić information content (AvgIpc) is 2.41. The van der Waals surface area contributed by atoms with E-state index in [1.807, 2.05) is 4.72 Å². The topological polar surface area (TPSA) is 89.5 Å². The minimum atomic E-state index is -3.52. The molecule has 0 heterocycles. The Balaban J connectivity index is 1.71. The third-order valence-corrected chi connectivity index (χ3v) is 6.57. The van der Waals surface area contributed by atoms with Crippen LogP contribution in [0.2, 0.25) is 0 Å². The van der Waals surface area contributed by atoms with E-state index in [4.69, 9.17) is 4.74 Å². The summed E-state index contributed by atoms with van der Waals surface area (Å²) < 4.78 is 30.3. The normalized spacial score (nSPS) is 36.1. The standard InChI is InChI=1S/C18H27NO5S/c1-12(2)16(21)24-18-9-13-6-14(10-18)8-17(7-13,11-18)5-4-15(20)19-25(3,22)23/h13-14H,1,4-11H2,2-3H3,(H,19,20). The number of sulfonamides is 1. The molecule has 0 aromatic carbocycles. The molecule has 0 radical (unpaired) electrons. The molecular formula is C18H27NO5S. The minimum Gasteiger partial charge on any atom is -0.456 e. The molecule has 2 atom stereocenters. The molecule has 140 valence electrons. The quantitative estimate of drug-likeness (QED) is 0.573. The van der Waals surface area contributed by atoms with E-state index in [2.05, 4.69) is 6.58 Å². The molecule has 1 amide bonds. The first-order valence-corrected chi connectivity index (χ1v) is 10.8. The number of nitrogens with one attached hydrogen (secondary N) is 1. The number of rotatable bonds is 6. The van der Waals surface area contributed by atoms with E-state index in [1.54, 1.807) is 6.92 Å². The molecule has 0 spiro atoms. The molecule has 25 heavy (non-hydrogen) atoms. The Morgan fingerprint density at radius 3 is 2.32 bits per heavy atom. The van der Waals surface area contributed by atoms with Gasteiger partial charge in [0.1, 0.15) is 5.60 Å². The fourth-order valence-electron chi connectivity index (χ4n) is 5.70. The van der Waals surface area contributed by atoms with Crippen LogP contribution in [0.25, 0.3) is 0 Å². The molecule has 0 saturated heterocycles. The van der Waals surface area contributed by atoms with Gasteiger partial charge in [-0.25, -0.2) is 13.2 Å². The van der Waals surface area contributed by atoms with Crippen molar-refractivity contribution in [3.05, 3.63) is 12.2 Å². The van der Waals surface area contributed by atoms with Gasteiger partial charge in [0, 0.05) is 12.0 Å². The zero-order valence-electron chi connectivity index (χ0n) is 15.0. The maximum Gasteiger partial charge on any atom is 0.333 e. The second-order valence-corrected chi connectivity index (χ2v) is 10.4. The molecule has 4 aliphatic carbocycles. The van der Waals surface area contributed by atoms with Crippen LogP contribution in [0, 0.1) is 17.3 Å². The van der Waals surface area contributed by atoms with E-state index in [9.17, 15) is 18.0 Å². The number of carbonyl (C=O) groups excluding carboxylic acids is 2. The zero-order valence-corrected chi connectivity index (χ0v) is 15.8. The summed E-state index contributed by atoms with van der Waals surface area (Å²) in [7, 11) is -3.52. The Kier molecular flexibility index (Phi) is 4.50. The number of hydrogen-bond donors (Lipinski definition) is 1. The lowest BCUT2D eigenvalue weighted by Gasteiger charge is -2.61. The van der Waals surface area contributed by atoms with Crippen molar-refractivity contribution >= 4 is 21.9 Å². The summed E-state index contributed by atoms with van der Waals surface area (Å²) in [6.45, 7) is 5.34. The van der Waals surface area contributed by atoms with Crippen molar-refractivity contribution in [2.75, 3.05) is 6.26 Å². The molecule has 1 N–H and O–H groups in total. The van der Waals surface area contributed by atoms with Gasteiger partial charge in [0.05, 0.1) is 6.26 Å². The molecule has 4 rings (SSSR count). The van der Waals surface area contributed by atoms with Gasteiger partial charge in [-0.1, -0.05) is 6.58 Å². The predicted octanol–water partition coefficient (Wildman–Crippen LogP) is 2.30. The van der Waals surface area contributed by atoms with Gasteiger partial charge in [-0.3, -0.25) is 9.52 Å². The van der Waals surface area contributed by atoms with Crippen molar-refractivity contribution < 1.29 is 22.7 Å². The summed E-state index contributed by atoms with van der Waals surface area (Å²) in [4.78, 5) is 24.0. The van der Waals surface area contributed by atoms with Gasteiger partial charge in [-0.05, 0) is 69.1 Å². The van der Waals surface area contributed by atoms with Gasteiger partial charge in [-0.2, -0.15) is 0 Å². The van der Waals surface area contributed by atoms with E-state index in [1.165, 1.54) is 6.42 Å². The monoisotopic (exact) mass is 369 g/mol. The molecule has 4 saturated carbocycles. The molecule has 6 nitrogen and oxygen atoms in total. The van der Waals surface area contributed by atoms with E-state index >= 15 is 0 Å². The van der Waals surface area contributed by atoms with Crippen LogP contribution in [-0.4, -0.2) is 32.2 Å². The summed E-state index contributed by atoms with van der Waals surface area (Å²) in [6, 6.07) is 0. The number of carbonyl (C=O) groups is 2. The first kappa shape index (κ1) is 18.4. The van der Waals surface area contributed by atoms with Crippen LogP contribution in [0.4, 0.5) is 0 Å². The lowest BCUT2D eigenvalue weighted by Crippen LogP contribution is -2.57. The highest BCUT2D eigenvalue weighted by Gasteiger charge is 2.59. The summed E-state index contributed by atoms with van der Waals surface area (Å²) in [5.41, 5.74) is -0.0286. The summed E-state index contributed by atoms with van der Waals surface area (Å²) in [5.74, 6) is 0.271. The summed E-state index contributed by atoms with van der Waals surface area (Å²) >= 11 is 0. The van der Waals surface area contributed by atoms with Gasteiger partial charge in [0.2, 0.25) is 15.9 Å². The summed E-state index contributed by atoms with van der Waals surface area (Å²) in [5, 5.41) is 0. The predicted molar refractivity (Wildman–Crippen MR) is 93.0 cm³/mol. The van der Waals surface area contributed by atoms with Gasteiger partial charge in [0.25, 0.3) is 0 Å². The molecule has 2 unspecified atom stereocenters. The molecule has 0 aromatic rings. The van der Waals surface area contributed by atoms with Gasteiger partial charge in [0.15, 0.2) is 0 Å². The van der Waals surface area contributed by atoms with Crippen LogP contribution in [-0.2, 0) is 24.3 Å². The highest BCUT2D eigenvalue weighted by Crippen LogP contribution is 2.64. The average molecular weight is 369 g/mol. The van der Waals surface area contributed by atoms with E-state index in [0.717, 1.165) is 38.4 Å². The second-order valence-electron chi connectivity index (χ2n) is 8.61. The van der Waals surface area contributed by atoms with Crippen molar-refractivity contribution in [2.45, 2.75) is 63.9 Å². The van der Waals surface area contributed by atoms with Crippen molar-refractivity contribution in [1.29, 1.82) is 0 Å². The smallest absolute Gasteiger partial charge is 0.333 e. The van der Waals surface area contributed by atoms with Crippen LogP contribution >= 0.6 is 0 Å². The molecule has 0 aliphatic heterocycles. The highest BCUT2D eigenvalue weighted by atomic mass is 32.2. The molecule has 4 aliphatic rings. The number of hydrogen-bond acceptors (Lipinski definition) is 5. The molecule has 0 aromatic heterocycles. The van der Waals surface area contributed by atoms with Crippen LogP contribution in [0.15, 0.2) is 12.2 Å². The van der Waals surface area contributed by atoms with Gasteiger partial charge in [-0.15, -0.1) is 0 Å². The fourth-order valence-corrected chi connectivity index (χ4v) is 6.21. The first-order chi connectivity index (χ1) is 11.5. The Morgan fingerprint density at radius 1 is 1.20 bits per heavy atom. The summed E-state index contributed by atoms with van der Waals surface area (Å²) in [6.07, 6.45) is 7.66. The Morgan fingerprint density at radius 2 is 1.80 bits per heavy atom. The van der Waals surface area contributed by atoms with Crippen LogP contribution < -0.4 is 4.72 Å². The van der Waals surface area contributed by atoms with Crippen LogP contribution in [0.1, 0.15) is 58.3 Å². The lowest BCUT2D eigenvalue weighted by atomic mass is 9.47. The van der Waals surface area contributed by atoms with Gasteiger partial charge < -0.3 is 4.74 Å². The number of amides is 1. The van der Waals surface area contributed by atoms with E-state index in [0.29, 0.717) is 23.8 Å². The van der Waals surface area contributed by atoms with E-state index < -0.39 is 21.5 Å². The van der Waals surface area contributed by atoms with Crippen LogP contribution in [0.5, 0.6) is 0 Å². The Bertz CT molecular complexity index is 697. The zero-order chi connectivity index (χ0) is 18.5. The van der Waals surface area contributed by atoms with Crippen LogP contribution in [0.3, 0.4) is 0 Å². The first-order valence-electron chi connectivity index (χ1n) is 8.89. The maximum absolute atomic E-state index is 12.1. The highest BCUT2D eigenvalue weighted by molar-refractivity contribution is 7.89. The largest absolute Gasteiger partial charge is 0.456 e. The molecule has 4 fully saturated rings. The maximum atomic E-state index is 12.1. The van der Waals surface area contributed by atoms with E-state index in [-0.39, 0.29) is 17.8 Å². The van der Waals surface area contributed by atoms with Crippen molar-refractivity contribution in [3.63, 3.8) is 0 Å². The van der Waals surface area contributed by atoms with Crippen molar-refractivity contribution in [3.8, 4) is 0 Å². The number of ether oxygens (including phenoxy) is 1. The molecular weight excluding hydrogens is 342 g/mol. The molecule has 7 heteroatoms. The van der Waals surface area contributed by atoms with Crippen molar-refractivity contribution in [1.82, 2.24) is 4.72 Å². The molecule has 4 bridgehead atoms.